The van der Waals surface area contributed by atoms with E-state index in [1.807, 2.05) is 0 Å². The monoisotopic (exact) mass is 359 g/mol. The van der Waals surface area contributed by atoms with E-state index in [1.54, 1.807) is 36.4 Å². The second-order valence-corrected chi connectivity index (χ2v) is 5.55. The molecule has 0 unspecified atom stereocenters. The van der Waals surface area contributed by atoms with Gasteiger partial charge in [-0.2, -0.15) is 0 Å². The lowest BCUT2D eigenvalue weighted by Gasteiger charge is -2.08. The van der Waals surface area contributed by atoms with Crippen LogP contribution in [0.2, 0.25) is 5.02 Å². The maximum atomic E-state index is 12.4. The second-order valence-electron chi connectivity index (χ2n) is 5.14. The summed E-state index contributed by atoms with van der Waals surface area (Å²) in [5.74, 6) is 0.333. The first kappa shape index (κ1) is 16.9. The summed E-state index contributed by atoms with van der Waals surface area (Å²) < 4.78 is 15.7. The standard InChI is InChI=1S/C18H14ClNO5/c1-23-11-4-5-12-14(21)9-17(25-16(12)8-11)18(22)20-10-3-6-15(24-2)13(19)7-10/h3-9H,1-2H3,(H,20,22). The van der Waals surface area contributed by atoms with E-state index in [1.165, 1.54) is 14.2 Å². The number of halogens is 1. The Morgan fingerprint density at radius 2 is 1.88 bits per heavy atom. The normalized spacial score (nSPS) is 10.5. The fraction of sp³-hybridized carbons (Fsp3) is 0.111. The zero-order valence-corrected chi connectivity index (χ0v) is 14.2. The van der Waals surface area contributed by atoms with Gasteiger partial charge in [0.2, 0.25) is 0 Å². The molecular weight excluding hydrogens is 346 g/mol. The lowest BCUT2D eigenvalue weighted by molar-refractivity contribution is 0.0997. The van der Waals surface area contributed by atoms with Crippen LogP contribution in [-0.4, -0.2) is 20.1 Å². The van der Waals surface area contributed by atoms with E-state index in [9.17, 15) is 9.59 Å². The van der Waals surface area contributed by atoms with Gasteiger partial charge in [-0.3, -0.25) is 9.59 Å². The van der Waals surface area contributed by atoms with Gasteiger partial charge in [-0.05, 0) is 30.3 Å². The van der Waals surface area contributed by atoms with Crippen LogP contribution in [0.15, 0.2) is 51.7 Å². The van der Waals surface area contributed by atoms with E-state index < -0.39 is 5.91 Å². The summed E-state index contributed by atoms with van der Waals surface area (Å²) in [5.41, 5.74) is 0.399. The van der Waals surface area contributed by atoms with E-state index >= 15 is 0 Å². The molecule has 0 bridgehead atoms. The minimum atomic E-state index is -0.567. The molecule has 1 N–H and O–H groups in total. The molecule has 25 heavy (non-hydrogen) atoms. The molecule has 0 saturated carbocycles. The molecule has 0 fully saturated rings. The smallest absolute Gasteiger partial charge is 0.291 e. The molecule has 1 heterocycles. The summed E-state index contributed by atoms with van der Waals surface area (Å²) in [6.07, 6.45) is 0. The zero-order valence-electron chi connectivity index (χ0n) is 13.5. The number of ether oxygens (including phenoxy) is 2. The molecule has 0 aliphatic rings. The molecule has 0 aliphatic heterocycles. The number of rotatable bonds is 4. The van der Waals surface area contributed by atoms with Gasteiger partial charge in [0.1, 0.15) is 17.1 Å². The highest BCUT2D eigenvalue weighted by atomic mass is 35.5. The first-order valence-electron chi connectivity index (χ1n) is 7.28. The molecule has 0 spiro atoms. The van der Waals surface area contributed by atoms with Gasteiger partial charge in [0.25, 0.3) is 5.91 Å². The average molecular weight is 360 g/mol. The maximum absolute atomic E-state index is 12.4. The number of nitrogens with one attached hydrogen (secondary N) is 1. The average Bonchev–Trinajstić information content (AvgIpc) is 2.61. The highest BCUT2D eigenvalue weighted by Gasteiger charge is 2.14. The molecule has 7 heteroatoms. The molecule has 0 aliphatic carbocycles. The molecule has 0 radical (unpaired) electrons. The molecule has 0 saturated heterocycles. The Morgan fingerprint density at radius 3 is 2.56 bits per heavy atom. The van der Waals surface area contributed by atoms with Crippen molar-refractivity contribution in [3.63, 3.8) is 0 Å². The zero-order chi connectivity index (χ0) is 18.0. The summed E-state index contributed by atoms with van der Waals surface area (Å²) in [6, 6.07) is 10.7. The molecule has 128 valence electrons. The van der Waals surface area contributed by atoms with Crippen molar-refractivity contribution in [2.45, 2.75) is 0 Å². The number of carbonyl (C=O) groups is 1. The van der Waals surface area contributed by atoms with E-state index in [0.717, 1.165) is 6.07 Å². The van der Waals surface area contributed by atoms with Gasteiger partial charge in [0, 0.05) is 17.8 Å². The number of carbonyl (C=O) groups excluding carboxylic acids is 1. The molecule has 6 nitrogen and oxygen atoms in total. The van der Waals surface area contributed by atoms with Crippen LogP contribution in [0.3, 0.4) is 0 Å². The van der Waals surface area contributed by atoms with Crippen molar-refractivity contribution in [2.75, 3.05) is 19.5 Å². The third kappa shape index (κ3) is 3.44. The Labute approximate surface area is 147 Å². The van der Waals surface area contributed by atoms with E-state index in [4.69, 9.17) is 25.5 Å². The number of amides is 1. The van der Waals surface area contributed by atoms with Crippen molar-refractivity contribution in [2.24, 2.45) is 0 Å². The number of hydrogen-bond donors (Lipinski definition) is 1. The van der Waals surface area contributed by atoms with Crippen molar-refractivity contribution in [1.82, 2.24) is 0 Å². The van der Waals surface area contributed by atoms with Crippen LogP contribution in [-0.2, 0) is 0 Å². The topological polar surface area (TPSA) is 77.8 Å². The van der Waals surface area contributed by atoms with Crippen LogP contribution >= 0.6 is 11.6 Å². The number of hydrogen-bond acceptors (Lipinski definition) is 5. The lowest BCUT2D eigenvalue weighted by atomic mass is 10.2. The van der Waals surface area contributed by atoms with E-state index in [2.05, 4.69) is 5.32 Å². The first-order valence-corrected chi connectivity index (χ1v) is 7.66. The Morgan fingerprint density at radius 1 is 1.08 bits per heavy atom. The van der Waals surface area contributed by atoms with Crippen molar-refractivity contribution in [3.05, 3.63) is 63.5 Å². The third-order valence-corrected chi connectivity index (χ3v) is 3.87. The molecular formula is C18H14ClNO5. The van der Waals surface area contributed by atoms with Crippen molar-refractivity contribution >= 4 is 34.2 Å². The highest BCUT2D eigenvalue weighted by Crippen LogP contribution is 2.27. The summed E-state index contributed by atoms with van der Waals surface area (Å²) in [5, 5.41) is 3.35. The lowest BCUT2D eigenvalue weighted by Crippen LogP contribution is -2.15. The van der Waals surface area contributed by atoms with Gasteiger partial charge >= 0.3 is 0 Å². The summed E-state index contributed by atoms with van der Waals surface area (Å²) in [6.45, 7) is 0. The van der Waals surface area contributed by atoms with Crippen LogP contribution in [0.1, 0.15) is 10.6 Å². The van der Waals surface area contributed by atoms with Gasteiger partial charge in [0.15, 0.2) is 11.2 Å². The van der Waals surface area contributed by atoms with Crippen LogP contribution in [0.5, 0.6) is 11.5 Å². The maximum Gasteiger partial charge on any atom is 0.291 e. The van der Waals surface area contributed by atoms with Crippen LogP contribution < -0.4 is 20.2 Å². The fourth-order valence-electron chi connectivity index (χ4n) is 2.31. The predicted octanol–water partition coefficient (Wildman–Crippen LogP) is 3.72. The Kier molecular flexibility index (Phi) is 4.63. The largest absolute Gasteiger partial charge is 0.497 e. The van der Waals surface area contributed by atoms with Crippen LogP contribution in [0.4, 0.5) is 5.69 Å². The Hall–Kier alpha value is -2.99. The van der Waals surface area contributed by atoms with Gasteiger partial charge < -0.3 is 19.2 Å². The summed E-state index contributed by atoms with van der Waals surface area (Å²) in [7, 11) is 3.00. The number of anilines is 1. The van der Waals surface area contributed by atoms with Crippen molar-refractivity contribution < 1.29 is 18.7 Å². The quantitative estimate of drug-likeness (QED) is 0.768. The SMILES string of the molecule is COc1ccc2c(=O)cc(C(=O)Nc3ccc(OC)c(Cl)c3)oc2c1. The van der Waals surface area contributed by atoms with Gasteiger partial charge in [-0.25, -0.2) is 0 Å². The van der Waals surface area contributed by atoms with Gasteiger partial charge in [0.05, 0.1) is 24.6 Å². The van der Waals surface area contributed by atoms with Gasteiger partial charge in [-0.1, -0.05) is 11.6 Å². The fourth-order valence-corrected chi connectivity index (χ4v) is 2.57. The highest BCUT2D eigenvalue weighted by molar-refractivity contribution is 6.32. The molecule has 0 atom stereocenters. The predicted molar refractivity (Wildman–Crippen MR) is 95.0 cm³/mol. The van der Waals surface area contributed by atoms with E-state index in [0.29, 0.717) is 27.6 Å². The third-order valence-electron chi connectivity index (χ3n) is 3.57. The number of fused-ring (bicyclic) bond motifs is 1. The number of methoxy groups -OCH3 is 2. The first-order chi connectivity index (χ1) is 12.0. The van der Waals surface area contributed by atoms with Crippen LogP contribution in [0, 0.1) is 0 Å². The van der Waals surface area contributed by atoms with Crippen LogP contribution in [0.25, 0.3) is 11.0 Å². The minimum absolute atomic E-state index is 0.113. The van der Waals surface area contributed by atoms with Crippen molar-refractivity contribution in [1.29, 1.82) is 0 Å². The molecule has 3 aromatic rings. The molecule has 2 aromatic carbocycles. The minimum Gasteiger partial charge on any atom is -0.497 e. The molecule has 3 rings (SSSR count). The van der Waals surface area contributed by atoms with Crippen molar-refractivity contribution in [3.8, 4) is 11.5 Å². The second kappa shape index (κ2) is 6.86. The molecule has 1 amide bonds. The number of benzene rings is 2. The van der Waals surface area contributed by atoms with Gasteiger partial charge in [-0.15, -0.1) is 0 Å². The Bertz CT molecular complexity index is 1010. The Balaban J connectivity index is 1.94. The molecule has 1 aromatic heterocycles. The van der Waals surface area contributed by atoms with E-state index in [-0.39, 0.29) is 16.8 Å². The summed E-state index contributed by atoms with van der Waals surface area (Å²) in [4.78, 5) is 24.6. The summed E-state index contributed by atoms with van der Waals surface area (Å²) >= 11 is 6.03.